The van der Waals surface area contributed by atoms with Crippen molar-refractivity contribution in [2.75, 3.05) is 13.2 Å². The number of carbonyl (C=O) groups is 5. The lowest BCUT2D eigenvalue weighted by Gasteiger charge is -2.26. The van der Waals surface area contributed by atoms with Gasteiger partial charge in [0.2, 0.25) is 11.4 Å². The van der Waals surface area contributed by atoms with Gasteiger partial charge in [-0.25, -0.2) is 9.59 Å². The third kappa shape index (κ3) is 3.93. The highest BCUT2D eigenvalue weighted by molar-refractivity contribution is 6.21. The smallest absolute Gasteiger partial charge is 0.344 e. The van der Waals surface area contributed by atoms with E-state index in [4.69, 9.17) is 4.74 Å². The molecule has 9 heteroatoms. The van der Waals surface area contributed by atoms with Crippen LogP contribution in [0, 0.1) is 0 Å². The fraction of sp³-hybridized carbons (Fsp3) is 0.316. The van der Waals surface area contributed by atoms with Crippen molar-refractivity contribution in [2.45, 2.75) is 25.8 Å². The number of fused-ring (bicyclic) bond motifs is 1. The summed E-state index contributed by atoms with van der Waals surface area (Å²) in [6.07, 6.45) is 2.29. The average molecular weight is 388 g/mol. The molecule has 3 amide bonds. The molecule has 1 aliphatic heterocycles. The average Bonchev–Trinajstić information content (AvgIpc) is 2.88. The number of hydrogen-bond donors (Lipinski definition) is 2. The van der Waals surface area contributed by atoms with Gasteiger partial charge in [0, 0.05) is 19.9 Å². The molecule has 0 aromatic heterocycles. The van der Waals surface area contributed by atoms with Gasteiger partial charge in [-0.15, -0.1) is 0 Å². The Labute approximate surface area is 161 Å². The number of benzene rings is 1. The summed E-state index contributed by atoms with van der Waals surface area (Å²) in [5, 5.41) is 11.6. The Balaban J connectivity index is 2.15. The van der Waals surface area contributed by atoms with Crippen molar-refractivity contribution in [3.8, 4) is 0 Å². The summed E-state index contributed by atoms with van der Waals surface area (Å²) in [5.41, 5.74) is -1.70. The van der Waals surface area contributed by atoms with Gasteiger partial charge in [0.1, 0.15) is 0 Å². The summed E-state index contributed by atoms with van der Waals surface area (Å²) in [6.45, 7) is 2.42. The molecule has 0 saturated heterocycles. The maximum Gasteiger partial charge on any atom is 0.344 e. The molecular formula is C19H20N2O7. The van der Waals surface area contributed by atoms with E-state index >= 15 is 0 Å². The molecule has 0 saturated carbocycles. The fourth-order valence-corrected chi connectivity index (χ4v) is 2.81. The van der Waals surface area contributed by atoms with Gasteiger partial charge in [-0.05, 0) is 19.1 Å². The van der Waals surface area contributed by atoms with Gasteiger partial charge in [0.25, 0.3) is 11.8 Å². The lowest BCUT2D eigenvalue weighted by Crippen LogP contribution is -2.60. The number of carbonyl (C=O) groups excluding carboxylic acids is 4. The van der Waals surface area contributed by atoms with E-state index in [1.807, 2.05) is 0 Å². The number of hydrogen-bond acceptors (Lipinski definition) is 6. The van der Waals surface area contributed by atoms with Crippen LogP contribution in [-0.4, -0.2) is 58.4 Å². The zero-order valence-electron chi connectivity index (χ0n) is 15.4. The summed E-state index contributed by atoms with van der Waals surface area (Å²) in [5.74, 6) is -4.32. The highest BCUT2D eigenvalue weighted by atomic mass is 16.5. The maximum atomic E-state index is 12.3. The molecule has 2 N–H and O–H groups in total. The molecule has 1 aliphatic rings. The highest BCUT2D eigenvalue weighted by Gasteiger charge is 2.48. The second kappa shape index (κ2) is 8.47. The second-order valence-electron chi connectivity index (χ2n) is 6.05. The predicted molar refractivity (Wildman–Crippen MR) is 96.4 cm³/mol. The number of carboxylic acids is 1. The molecular weight excluding hydrogens is 368 g/mol. The molecule has 1 unspecified atom stereocenters. The van der Waals surface area contributed by atoms with Crippen LogP contribution >= 0.6 is 0 Å². The lowest BCUT2D eigenvalue weighted by molar-refractivity contribution is -0.164. The van der Waals surface area contributed by atoms with Crippen LogP contribution < -0.4 is 5.32 Å². The third-order valence-corrected chi connectivity index (χ3v) is 4.14. The van der Waals surface area contributed by atoms with Crippen LogP contribution in [0.5, 0.6) is 0 Å². The van der Waals surface area contributed by atoms with E-state index in [0.717, 1.165) is 11.8 Å². The van der Waals surface area contributed by atoms with Crippen molar-refractivity contribution in [1.82, 2.24) is 10.2 Å². The van der Waals surface area contributed by atoms with Crippen molar-refractivity contribution in [2.24, 2.45) is 0 Å². The molecule has 1 aromatic carbocycles. The molecule has 2 rings (SSSR count). The largest absolute Gasteiger partial charge is 0.479 e. The van der Waals surface area contributed by atoms with Crippen molar-refractivity contribution in [3.05, 3.63) is 47.5 Å². The molecule has 1 heterocycles. The number of nitrogens with zero attached hydrogens (tertiary/aromatic N) is 1. The molecule has 1 atom stereocenters. The SMILES string of the molecule is CCOC(=O)C(CC=CCN1C(=O)c2ccccc2C1=O)(NC(C)=O)C(=O)O. The molecule has 9 nitrogen and oxygen atoms in total. The third-order valence-electron chi connectivity index (χ3n) is 4.14. The van der Waals surface area contributed by atoms with E-state index in [2.05, 4.69) is 5.32 Å². The minimum atomic E-state index is -2.29. The van der Waals surface area contributed by atoms with Crippen LogP contribution in [0.4, 0.5) is 0 Å². The van der Waals surface area contributed by atoms with E-state index in [1.165, 1.54) is 19.1 Å². The van der Waals surface area contributed by atoms with Gasteiger partial charge in [-0.1, -0.05) is 24.3 Å². The van der Waals surface area contributed by atoms with Gasteiger partial charge in [-0.3, -0.25) is 19.3 Å². The Morgan fingerprint density at radius 1 is 1.14 bits per heavy atom. The summed E-state index contributed by atoms with van der Waals surface area (Å²) in [7, 11) is 0. The van der Waals surface area contributed by atoms with E-state index in [9.17, 15) is 29.1 Å². The lowest BCUT2D eigenvalue weighted by atomic mass is 9.94. The molecule has 0 fully saturated rings. The molecule has 28 heavy (non-hydrogen) atoms. The fourth-order valence-electron chi connectivity index (χ4n) is 2.81. The number of ether oxygens (including phenoxy) is 1. The summed E-state index contributed by atoms with van der Waals surface area (Å²) >= 11 is 0. The number of imide groups is 1. The van der Waals surface area contributed by atoms with Gasteiger partial charge in [0.05, 0.1) is 17.7 Å². The number of nitrogens with one attached hydrogen (secondary N) is 1. The summed E-state index contributed by atoms with van der Waals surface area (Å²) in [6, 6.07) is 6.40. The molecule has 1 aromatic rings. The number of aliphatic carboxylic acids is 1. The Hall–Kier alpha value is -3.49. The number of rotatable bonds is 8. The van der Waals surface area contributed by atoms with Crippen LogP contribution in [0.3, 0.4) is 0 Å². The predicted octanol–water partition coefficient (Wildman–Crippen LogP) is 0.752. The van der Waals surface area contributed by atoms with E-state index in [1.54, 1.807) is 24.3 Å². The molecule has 0 aliphatic carbocycles. The van der Waals surface area contributed by atoms with E-state index in [0.29, 0.717) is 11.1 Å². The monoisotopic (exact) mass is 388 g/mol. The Morgan fingerprint density at radius 3 is 2.18 bits per heavy atom. The van der Waals surface area contributed by atoms with Crippen molar-refractivity contribution in [3.63, 3.8) is 0 Å². The van der Waals surface area contributed by atoms with E-state index < -0.39 is 41.6 Å². The molecule has 0 bridgehead atoms. The van der Waals surface area contributed by atoms with Gasteiger partial charge in [-0.2, -0.15) is 0 Å². The zero-order chi connectivity index (χ0) is 20.9. The Morgan fingerprint density at radius 2 is 1.71 bits per heavy atom. The normalized spacial score (nSPS) is 15.3. The molecule has 0 radical (unpaired) electrons. The number of amides is 3. The van der Waals surface area contributed by atoms with Crippen LogP contribution in [0.25, 0.3) is 0 Å². The zero-order valence-corrected chi connectivity index (χ0v) is 15.4. The second-order valence-corrected chi connectivity index (χ2v) is 6.05. The standard InChI is InChI=1S/C19H20N2O7/c1-3-28-18(27)19(17(25)26,20-12(2)22)10-6-7-11-21-15(23)13-8-4-5-9-14(13)16(21)24/h4-9H,3,10-11H2,1-2H3,(H,20,22)(H,25,26). The molecule has 148 valence electrons. The van der Waals surface area contributed by atoms with Crippen molar-refractivity contribution < 1.29 is 33.8 Å². The first kappa shape index (κ1) is 20.8. The van der Waals surface area contributed by atoms with Gasteiger partial charge < -0.3 is 15.2 Å². The minimum absolute atomic E-state index is 0.0633. The van der Waals surface area contributed by atoms with Crippen molar-refractivity contribution in [1.29, 1.82) is 0 Å². The first-order valence-corrected chi connectivity index (χ1v) is 8.54. The first-order chi connectivity index (χ1) is 13.2. The Kier molecular flexibility index (Phi) is 6.29. The van der Waals surface area contributed by atoms with Crippen LogP contribution in [0.15, 0.2) is 36.4 Å². The Bertz CT molecular complexity index is 827. The molecule has 0 spiro atoms. The summed E-state index contributed by atoms with van der Waals surface area (Å²) < 4.78 is 4.79. The van der Waals surface area contributed by atoms with Gasteiger partial charge >= 0.3 is 11.9 Å². The van der Waals surface area contributed by atoms with E-state index in [-0.39, 0.29) is 13.2 Å². The topological polar surface area (TPSA) is 130 Å². The number of carboxylic acid groups (broad SMARTS) is 1. The maximum absolute atomic E-state index is 12.3. The van der Waals surface area contributed by atoms with Crippen LogP contribution in [0.2, 0.25) is 0 Å². The van der Waals surface area contributed by atoms with Gasteiger partial charge in [0.15, 0.2) is 0 Å². The van der Waals surface area contributed by atoms with Crippen molar-refractivity contribution >= 4 is 29.7 Å². The quantitative estimate of drug-likeness (QED) is 0.291. The summed E-state index contributed by atoms with van der Waals surface area (Å²) in [4.78, 5) is 60.9. The van der Waals surface area contributed by atoms with Crippen LogP contribution in [0.1, 0.15) is 41.0 Å². The number of esters is 1. The van der Waals surface area contributed by atoms with Crippen LogP contribution in [-0.2, 0) is 19.1 Å². The minimum Gasteiger partial charge on any atom is -0.479 e. The first-order valence-electron chi connectivity index (χ1n) is 8.54. The highest BCUT2D eigenvalue weighted by Crippen LogP contribution is 2.22.